The average molecular weight is 752 g/mol. The summed E-state index contributed by atoms with van der Waals surface area (Å²) >= 11 is 0. The number of hydrogen-bond acceptors (Lipinski definition) is 10. The standard InChI is InChI=1S/C23H22F3N3O6.C7H10.HO2P.2H3OP/c24-23(25,26)15-3-1-13(2-4-15)14-5-8-27-16(11-14)12-29-18(31)6-9-28(22(29)34)21-20(33)19(32)17(35-21)7-10-30;1-4-5-6-7(2)3;1-3-2;2*1-2/h1-6,8-9,11,17,19-21,30,32-33H,7,10,12H2;4-6H,1-2H2,3H3;(H,1,2);2*1H,2H2/b;6-5-;;;. The minimum Gasteiger partial charge on any atom is -0.396 e. The zero-order valence-electron chi connectivity index (χ0n) is 26.2. The molecule has 19 heteroatoms. The lowest BCUT2D eigenvalue weighted by molar-refractivity contribution is -0.137. The number of benzene rings is 1. The molecule has 1 aliphatic rings. The lowest BCUT2D eigenvalue weighted by atomic mass is 10.0. The van der Waals surface area contributed by atoms with Crippen molar-refractivity contribution in [3.8, 4) is 11.1 Å². The number of pyridine rings is 1. The van der Waals surface area contributed by atoms with Gasteiger partial charge in [-0.25, -0.2) is 9.36 Å². The first-order chi connectivity index (χ1) is 23.3. The lowest BCUT2D eigenvalue weighted by Gasteiger charge is -2.18. The third-order valence-corrected chi connectivity index (χ3v) is 6.32. The van der Waals surface area contributed by atoms with Gasteiger partial charge in [0.2, 0.25) is 0 Å². The maximum atomic E-state index is 13.1. The van der Waals surface area contributed by atoms with Crippen molar-refractivity contribution in [3.05, 3.63) is 124 Å². The maximum absolute atomic E-state index is 13.1. The van der Waals surface area contributed by atoms with E-state index in [0.717, 1.165) is 39.1 Å². The van der Waals surface area contributed by atoms with E-state index in [1.165, 1.54) is 37.3 Å². The summed E-state index contributed by atoms with van der Waals surface area (Å²) in [6.07, 6.45) is -1.31. The Labute approximate surface area is 286 Å². The van der Waals surface area contributed by atoms with Crippen LogP contribution in [0.25, 0.3) is 11.1 Å². The van der Waals surface area contributed by atoms with Crippen LogP contribution in [0.5, 0.6) is 0 Å². The smallest absolute Gasteiger partial charge is 0.396 e. The van der Waals surface area contributed by atoms with Gasteiger partial charge >= 0.3 is 20.6 Å². The first kappa shape index (κ1) is 45.7. The van der Waals surface area contributed by atoms with Gasteiger partial charge < -0.3 is 34.7 Å². The zero-order valence-corrected chi connectivity index (χ0v) is 29.4. The highest BCUT2D eigenvalue weighted by Gasteiger charge is 2.43. The second kappa shape index (κ2) is 24.0. The first-order valence-electron chi connectivity index (χ1n) is 13.8. The van der Waals surface area contributed by atoms with Gasteiger partial charge in [0.1, 0.15) is 12.2 Å². The Morgan fingerprint density at radius 2 is 1.65 bits per heavy atom. The summed E-state index contributed by atoms with van der Waals surface area (Å²) in [5, 5.41) is 29.6. The molecule has 270 valence electrons. The average Bonchev–Trinajstić information content (AvgIpc) is 3.36. The fourth-order valence-electron chi connectivity index (χ4n) is 4.19. The zero-order chi connectivity index (χ0) is 37.7. The second-order valence-electron chi connectivity index (χ2n) is 9.62. The van der Waals surface area contributed by atoms with Crippen LogP contribution in [0, 0.1) is 0 Å². The molecular weight excluding hydrogens is 712 g/mol. The van der Waals surface area contributed by atoms with E-state index in [-0.39, 0.29) is 19.6 Å². The van der Waals surface area contributed by atoms with Gasteiger partial charge in [-0.1, -0.05) is 49.1 Å². The SMILES string of the molecule is C=C/C=C\C(=C)C.O=PO.O=c1ccn(C2OC(CCO)C(O)C2O)c(=O)n1Cc1cc(-c2ccc(C(F)(F)F)cc2)ccn1.OP.OP. The summed E-state index contributed by atoms with van der Waals surface area (Å²) in [5.74, 6) is 0. The van der Waals surface area contributed by atoms with Crippen LogP contribution in [0.15, 0.2) is 101 Å². The molecule has 0 spiro atoms. The molecule has 0 saturated carbocycles. The van der Waals surface area contributed by atoms with Crippen molar-refractivity contribution in [2.75, 3.05) is 6.61 Å². The fraction of sp³-hybridized carbons (Fsp3) is 0.300. The molecule has 1 aliphatic heterocycles. The Kier molecular flexibility index (Phi) is 22.4. The van der Waals surface area contributed by atoms with E-state index in [2.05, 4.69) is 18.1 Å². The molecule has 2 aromatic heterocycles. The van der Waals surface area contributed by atoms with Crippen molar-refractivity contribution in [1.82, 2.24) is 14.1 Å². The van der Waals surface area contributed by atoms with Crippen LogP contribution < -0.4 is 11.2 Å². The Balaban J connectivity index is 0.00000141. The highest BCUT2D eigenvalue weighted by atomic mass is 31.1. The van der Waals surface area contributed by atoms with E-state index in [1.54, 1.807) is 18.2 Å². The van der Waals surface area contributed by atoms with E-state index >= 15 is 0 Å². The van der Waals surface area contributed by atoms with Gasteiger partial charge in [-0.05, 0) is 67.7 Å². The molecule has 13 nitrogen and oxygen atoms in total. The number of aliphatic hydroxyl groups is 3. The molecule has 1 aromatic carbocycles. The van der Waals surface area contributed by atoms with Gasteiger partial charge in [0.05, 0.1) is 23.9 Å². The minimum atomic E-state index is -4.46. The Morgan fingerprint density at radius 3 is 2.14 bits per heavy atom. The molecule has 0 amide bonds. The summed E-state index contributed by atoms with van der Waals surface area (Å²) in [5.41, 5.74) is 0.136. The van der Waals surface area contributed by atoms with Crippen molar-refractivity contribution < 1.29 is 52.5 Å². The van der Waals surface area contributed by atoms with Gasteiger partial charge in [-0.3, -0.25) is 18.9 Å². The van der Waals surface area contributed by atoms with Crippen LogP contribution in [0.2, 0.25) is 0 Å². The number of rotatable bonds is 8. The van der Waals surface area contributed by atoms with Gasteiger partial charge in [-0.2, -0.15) is 13.2 Å². The lowest BCUT2D eigenvalue weighted by Crippen LogP contribution is -2.43. The van der Waals surface area contributed by atoms with Crippen LogP contribution in [-0.4, -0.2) is 69.0 Å². The van der Waals surface area contributed by atoms with E-state index in [1.807, 2.05) is 19.1 Å². The number of aliphatic hydroxyl groups excluding tert-OH is 3. The summed E-state index contributed by atoms with van der Waals surface area (Å²) in [6, 6.07) is 8.79. The summed E-state index contributed by atoms with van der Waals surface area (Å²) in [7, 11) is 2.00. The fourth-order valence-corrected chi connectivity index (χ4v) is 4.19. The largest absolute Gasteiger partial charge is 0.416 e. The van der Waals surface area contributed by atoms with Gasteiger partial charge in [0.15, 0.2) is 6.23 Å². The summed E-state index contributed by atoms with van der Waals surface area (Å²) in [6.45, 7) is 8.56. The van der Waals surface area contributed by atoms with E-state index < -0.39 is 56.2 Å². The maximum Gasteiger partial charge on any atom is 0.416 e. The van der Waals surface area contributed by atoms with E-state index in [0.29, 0.717) is 16.8 Å². The number of hydrogen-bond donors (Lipinski definition) is 6. The van der Waals surface area contributed by atoms with Crippen molar-refractivity contribution in [2.45, 2.75) is 50.6 Å². The molecule has 1 saturated heterocycles. The molecule has 0 radical (unpaired) electrons. The van der Waals surface area contributed by atoms with Crippen molar-refractivity contribution in [3.63, 3.8) is 0 Å². The van der Waals surface area contributed by atoms with E-state index in [9.17, 15) is 33.0 Å². The number of nitrogens with zero attached hydrogens (tertiary/aromatic N) is 3. The topological polar surface area (TPSA) is 205 Å². The molecular formula is C30H39F3N3O10P3. The van der Waals surface area contributed by atoms with Crippen LogP contribution in [0.4, 0.5) is 13.2 Å². The van der Waals surface area contributed by atoms with Gasteiger partial charge in [0, 0.05) is 25.1 Å². The molecule has 49 heavy (non-hydrogen) atoms. The molecule has 3 aromatic rings. The number of alkyl halides is 3. The Hall–Kier alpha value is -3.26. The predicted molar refractivity (Wildman–Crippen MR) is 184 cm³/mol. The quantitative estimate of drug-likeness (QED) is 0.146. The highest BCUT2D eigenvalue weighted by molar-refractivity contribution is 7.16. The third-order valence-electron chi connectivity index (χ3n) is 6.32. The van der Waals surface area contributed by atoms with E-state index in [4.69, 9.17) is 29.1 Å². The number of allylic oxidation sites excluding steroid dienone is 4. The first-order valence-corrected chi connectivity index (χ1v) is 15.6. The Bertz CT molecular complexity index is 1600. The monoisotopic (exact) mass is 751 g/mol. The number of ether oxygens (including phenoxy) is 1. The predicted octanol–water partition coefficient (Wildman–Crippen LogP) is 3.17. The Morgan fingerprint density at radius 1 is 1.06 bits per heavy atom. The minimum absolute atomic E-state index is 0.0454. The van der Waals surface area contributed by atoms with Crippen LogP contribution in [0.3, 0.4) is 0 Å². The summed E-state index contributed by atoms with van der Waals surface area (Å²) in [4.78, 5) is 50.5. The molecule has 0 aliphatic carbocycles. The van der Waals surface area contributed by atoms with Crippen molar-refractivity contribution in [1.29, 1.82) is 0 Å². The molecule has 0 bridgehead atoms. The molecule has 6 N–H and O–H groups in total. The molecule has 4 rings (SSSR count). The molecule has 3 heterocycles. The van der Waals surface area contributed by atoms with Crippen molar-refractivity contribution in [2.24, 2.45) is 0 Å². The van der Waals surface area contributed by atoms with Crippen LogP contribution in [0.1, 0.15) is 30.8 Å². The molecule has 6 atom stereocenters. The molecule has 1 fully saturated rings. The third kappa shape index (κ3) is 14.6. The normalized spacial score (nSPS) is 18.0. The number of halogens is 3. The molecule has 6 unspecified atom stereocenters. The van der Waals surface area contributed by atoms with Crippen LogP contribution in [-0.2, 0) is 22.0 Å². The highest BCUT2D eigenvalue weighted by Crippen LogP contribution is 2.31. The van der Waals surface area contributed by atoms with Crippen LogP contribution >= 0.6 is 27.6 Å². The summed E-state index contributed by atoms with van der Waals surface area (Å²) < 4.78 is 54.3. The van der Waals surface area contributed by atoms with Gasteiger partial charge in [-0.15, -0.1) is 0 Å². The number of aromatic nitrogens is 3. The van der Waals surface area contributed by atoms with Crippen molar-refractivity contribution >= 4 is 27.6 Å². The van der Waals surface area contributed by atoms with Gasteiger partial charge in [0.25, 0.3) is 5.56 Å². The second-order valence-corrected chi connectivity index (χ2v) is 9.79.